The second-order valence-corrected chi connectivity index (χ2v) is 5.47. The molecule has 24 heavy (non-hydrogen) atoms. The molecule has 0 unspecified atom stereocenters. The summed E-state index contributed by atoms with van der Waals surface area (Å²) in [4.78, 5) is 4.72. The van der Waals surface area contributed by atoms with Crippen molar-refractivity contribution < 1.29 is 14.0 Å². The van der Waals surface area contributed by atoms with Crippen LogP contribution in [0.3, 0.4) is 0 Å². The van der Waals surface area contributed by atoms with Gasteiger partial charge in [0.1, 0.15) is 17.0 Å². The van der Waals surface area contributed by atoms with Crippen molar-refractivity contribution in [2.75, 3.05) is 32.7 Å². The average molecular weight is 327 g/mol. The van der Waals surface area contributed by atoms with Gasteiger partial charge in [0.2, 0.25) is 5.58 Å². The van der Waals surface area contributed by atoms with Crippen molar-refractivity contribution in [3.05, 3.63) is 36.0 Å². The minimum atomic E-state index is 0.670. The summed E-state index contributed by atoms with van der Waals surface area (Å²) in [6.07, 6.45) is 0.900. The standard InChI is InChI=1S/C18H21N3O3/c1-12-17-18(24-21-12)15(19-9-6-10-22-2)11-14(20-17)13-7-4-5-8-16(13)23-3/h4-5,7-8,11H,6,9-10H2,1-3H3,(H,19,20). The molecule has 0 amide bonds. The highest BCUT2D eigenvalue weighted by atomic mass is 16.5. The van der Waals surface area contributed by atoms with Gasteiger partial charge >= 0.3 is 0 Å². The second-order valence-electron chi connectivity index (χ2n) is 5.47. The van der Waals surface area contributed by atoms with Crippen molar-refractivity contribution in [3.63, 3.8) is 0 Å². The molecule has 0 radical (unpaired) electrons. The van der Waals surface area contributed by atoms with Gasteiger partial charge in [-0.2, -0.15) is 0 Å². The summed E-state index contributed by atoms with van der Waals surface area (Å²) < 4.78 is 16.0. The molecule has 0 aliphatic rings. The molecule has 2 heterocycles. The van der Waals surface area contributed by atoms with Gasteiger partial charge in [-0.15, -0.1) is 0 Å². The zero-order chi connectivity index (χ0) is 16.9. The van der Waals surface area contributed by atoms with Gasteiger partial charge in [0.25, 0.3) is 0 Å². The Balaban J connectivity index is 2.04. The first-order valence-corrected chi connectivity index (χ1v) is 7.88. The van der Waals surface area contributed by atoms with Crippen LogP contribution >= 0.6 is 0 Å². The lowest BCUT2D eigenvalue weighted by Crippen LogP contribution is -2.05. The van der Waals surface area contributed by atoms with Crippen molar-refractivity contribution in [1.82, 2.24) is 10.1 Å². The third-order valence-corrected chi connectivity index (χ3v) is 3.81. The Morgan fingerprint density at radius 3 is 2.83 bits per heavy atom. The Labute approximate surface area is 140 Å². The summed E-state index contributed by atoms with van der Waals surface area (Å²) >= 11 is 0. The predicted molar refractivity (Wildman–Crippen MR) is 93.5 cm³/mol. The van der Waals surface area contributed by atoms with E-state index in [0.29, 0.717) is 12.2 Å². The SMILES string of the molecule is COCCCNc1cc(-c2ccccc2OC)nc2c(C)noc12. The molecule has 3 rings (SSSR count). The fourth-order valence-corrected chi connectivity index (χ4v) is 2.59. The van der Waals surface area contributed by atoms with Crippen LogP contribution in [0, 0.1) is 6.92 Å². The Kier molecular flexibility index (Phi) is 4.96. The van der Waals surface area contributed by atoms with Crippen LogP contribution in [0.2, 0.25) is 0 Å². The fourth-order valence-electron chi connectivity index (χ4n) is 2.59. The van der Waals surface area contributed by atoms with E-state index in [4.69, 9.17) is 19.0 Å². The summed E-state index contributed by atoms with van der Waals surface area (Å²) in [5.74, 6) is 0.781. The van der Waals surface area contributed by atoms with E-state index in [1.54, 1.807) is 14.2 Å². The summed E-state index contributed by atoms with van der Waals surface area (Å²) in [5, 5.41) is 7.43. The first-order valence-electron chi connectivity index (χ1n) is 7.88. The van der Waals surface area contributed by atoms with Crippen LogP contribution in [-0.4, -0.2) is 37.5 Å². The smallest absolute Gasteiger partial charge is 0.208 e. The molecule has 126 valence electrons. The molecule has 0 atom stereocenters. The molecular formula is C18H21N3O3. The number of nitrogens with zero attached hydrogens (tertiary/aromatic N) is 2. The molecular weight excluding hydrogens is 306 g/mol. The summed E-state index contributed by atoms with van der Waals surface area (Å²) in [7, 11) is 3.36. The molecule has 0 spiro atoms. The van der Waals surface area contributed by atoms with Crippen LogP contribution in [-0.2, 0) is 4.74 Å². The number of benzene rings is 1. The van der Waals surface area contributed by atoms with E-state index in [1.807, 2.05) is 37.3 Å². The van der Waals surface area contributed by atoms with Crippen molar-refractivity contribution >= 4 is 16.8 Å². The van der Waals surface area contributed by atoms with Gasteiger partial charge in [0, 0.05) is 25.8 Å². The molecule has 0 fully saturated rings. The third kappa shape index (κ3) is 3.19. The molecule has 2 aromatic heterocycles. The maximum absolute atomic E-state index is 5.46. The zero-order valence-electron chi connectivity index (χ0n) is 14.1. The van der Waals surface area contributed by atoms with Gasteiger partial charge in [-0.05, 0) is 31.5 Å². The van der Waals surface area contributed by atoms with E-state index in [2.05, 4.69) is 10.5 Å². The number of nitrogens with one attached hydrogen (secondary N) is 1. The van der Waals surface area contributed by atoms with E-state index in [-0.39, 0.29) is 0 Å². The summed E-state index contributed by atoms with van der Waals surface area (Å²) in [6, 6.07) is 9.79. The van der Waals surface area contributed by atoms with Gasteiger partial charge in [0.15, 0.2) is 0 Å². The lowest BCUT2D eigenvalue weighted by molar-refractivity contribution is 0.198. The first kappa shape index (κ1) is 16.3. The zero-order valence-corrected chi connectivity index (χ0v) is 14.1. The topological polar surface area (TPSA) is 69.4 Å². The fraction of sp³-hybridized carbons (Fsp3) is 0.333. The molecule has 0 aliphatic carbocycles. The summed E-state index contributed by atoms with van der Waals surface area (Å²) in [5.41, 5.74) is 4.82. The van der Waals surface area contributed by atoms with Gasteiger partial charge in [-0.1, -0.05) is 17.3 Å². The van der Waals surface area contributed by atoms with Crippen LogP contribution in [0.1, 0.15) is 12.1 Å². The third-order valence-electron chi connectivity index (χ3n) is 3.81. The monoisotopic (exact) mass is 327 g/mol. The van der Waals surface area contributed by atoms with E-state index in [9.17, 15) is 0 Å². The molecule has 6 heteroatoms. The Morgan fingerprint density at radius 2 is 2.04 bits per heavy atom. The Morgan fingerprint density at radius 1 is 1.21 bits per heavy atom. The molecule has 0 aliphatic heterocycles. The van der Waals surface area contributed by atoms with Gasteiger partial charge in [-0.25, -0.2) is 4.98 Å². The molecule has 0 saturated heterocycles. The minimum absolute atomic E-state index is 0.670. The van der Waals surface area contributed by atoms with E-state index >= 15 is 0 Å². The van der Waals surface area contributed by atoms with Crippen molar-refractivity contribution in [2.45, 2.75) is 13.3 Å². The van der Waals surface area contributed by atoms with Crippen molar-refractivity contribution in [1.29, 1.82) is 0 Å². The molecule has 0 bridgehead atoms. The van der Waals surface area contributed by atoms with Crippen LogP contribution in [0.15, 0.2) is 34.9 Å². The molecule has 1 N–H and O–H groups in total. The number of hydrogen-bond acceptors (Lipinski definition) is 6. The van der Waals surface area contributed by atoms with E-state index in [1.165, 1.54) is 0 Å². The summed E-state index contributed by atoms with van der Waals surface area (Å²) in [6.45, 7) is 3.37. The number of rotatable bonds is 7. The minimum Gasteiger partial charge on any atom is -0.496 e. The molecule has 6 nitrogen and oxygen atoms in total. The Hall–Kier alpha value is -2.60. The highest BCUT2D eigenvalue weighted by Crippen LogP contribution is 2.34. The van der Waals surface area contributed by atoms with Crippen molar-refractivity contribution in [3.8, 4) is 17.0 Å². The van der Waals surface area contributed by atoms with Gasteiger partial charge in [0.05, 0.1) is 18.5 Å². The maximum atomic E-state index is 5.46. The lowest BCUT2D eigenvalue weighted by Gasteiger charge is -2.11. The Bertz CT molecular complexity index is 829. The molecule has 3 aromatic rings. The van der Waals surface area contributed by atoms with Gasteiger partial charge < -0.3 is 19.3 Å². The number of ether oxygens (including phenoxy) is 2. The van der Waals surface area contributed by atoms with E-state index in [0.717, 1.165) is 46.9 Å². The predicted octanol–water partition coefficient (Wildman–Crippen LogP) is 3.66. The average Bonchev–Trinajstić information content (AvgIpc) is 3.00. The number of aromatic nitrogens is 2. The highest BCUT2D eigenvalue weighted by Gasteiger charge is 2.16. The van der Waals surface area contributed by atoms with Crippen LogP contribution in [0.5, 0.6) is 5.75 Å². The van der Waals surface area contributed by atoms with Crippen LogP contribution in [0.25, 0.3) is 22.4 Å². The number of anilines is 1. The lowest BCUT2D eigenvalue weighted by atomic mass is 10.1. The van der Waals surface area contributed by atoms with Crippen LogP contribution < -0.4 is 10.1 Å². The number of para-hydroxylation sites is 1. The first-order chi connectivity index (χ1) is 11.7. The molecule has 0 saturated carbocycles. The number of hydrogen-bond donors (Lipinski definition) is 1. The largest absolute Gasteiger partial charge is 0.496 e. The molecule has 1 aromatic carbocycles. The highest BCUT2D eigenvalue weighted by molar-refractivity contribution is 5.90. The van der Waals surface area contributed by atoms with Crippen LogP contribution in [0.4, 0.5) is 5.69 Å². The number of fused-ring (bicyclic) bond motifs is 1. The number of aryl methyl sites for hydroxylation is 1. The van der Waals surface area contributed by atoms with Gasteiger partial charge in [-0.3, -0.25) is 0 Å². The quantitative estimate of drug-likeness (QED) is 0.668. The maximum Gasteiger partial charge on any atom is 0.208 e. The normalized spacial score (nSPS) is 11.0. The van der Waals surface area contributed by atoms with E-state index < -0.39 is 0 Å². The number of pyridine rings is 1. The van der Waals surface area contributed by atoms with Crippen molar-refractivity contribution in [2.24, 2.45) is 0 Å². The number of methoxy groups -OCH3 is 2. The second kappa shape index (κ2) is 7.31.